The van der Waals surface area contributed by atoms with Crippen LogP contribution in [-0.4, -0.2) is 40.6 Å². The molecule has 100 valence electrons. The number of urea groups is 1. The zero-order valence-electron chi connectivity index (χ0n) is 10.4. The molecule has 1 heterocycles. The van der Waals surface area contributed by atoms with Crippen LogP contribution in [0.15, 0.2) is 6.07 Å². The van der Waals surface area contributed by atoms with E-state index in [-0.39, 0.29) is 11.4 Å². The molecule has 1 aromatic rings. The molecule has 0 aliphatic carbocycles. The van der Waals surface area contributed by atoms with Crippen LogP contribution in [0.5, 0.6) is 0 Å². The molecule has 0 aliphatic rings. The van der Waals surface area contributed by atoms with Gasteiger partial charge in [-0.3, -0.25) is 0 Å². The van der Waals surface area contributed by atoms with Gasteiger partial charge in [0.05, 0.1) is 5.69 Å². The Labute approximate surface area is 110 Å². The third-order valence-electron chi connectivity index (χ3n) is 2.23. The van der Waals surface area contributed by atoms with Crippen molar-refractivity contribution in [2.75, 3.05) is 23.9 Å². The summed E-state index contributed by atoms with van der Waals surface area (Å²) in [5.74, 6) is -0.120. The smallest absolute Gasteiger partial charge is 0.354 e. The predicted octanol–water partition coefficient (Wildman–Crippen LogP) is 1.90. The largest absolute Gasteiger partial charge is 0.477 e. The molecule has 0 aliphatic heterocycles. The minimum atomic E-state index is -1.10. The molecule has 4 N–H and O–H groups in total. The molecule has 0 bridgehead atoms. The minimum Gasteiger partial charge on any atom is -0.477 e. The number of aromatic amines is 1. The van der Waals surface area contributed by atoms with E-state index in [2.05, 4.69) is 15.6 Å². The highest BCUT2D eigenvalue weighted by molar-refractivity contribution is 7.98. The molecule has 0 saturated carbocycles. The molecule has 6 nitrogen and oxygen atoms in total. The van der Waals surface area contributed by atoms with Crippen LogP contribution >= 0.6 is 11.8 Å². The number of carbonyl (C=O) groups excluding carboxylic acids is 1. The van der Waals surface area contributed by atoms with Crippen LogP contribution in [0, 0.1) is 6.92 Å². The fourth-order valence-electron chi connectivity index (χ4n) is 1.44. The zero-order valence-corrected chi connectivity index (χ0v) is 11.2. The van der Waals surface area contributed by atoms with Crippen molar-refractivity contribution in [3.63, 3.8) is 0 Å². The van der Waals surface area contributed by atoms with E-state index in [0.29, 0.717) is 12.2 Å². The quantitative estimate of drug-likeness (QED) is 0.594. The molecule has 0 unspecified atom stereocenters. The number of aryl methyl sites for hydroxylation is 1. The number of anilines is 1. The van der Waals surface area contributed by atoms with Gasteiger partial charge in [-0.15, -0.1) is 0 Å². The molecule has 7 heteroatoms. The molecule has 1 aromatic heterocycles. The van der Waals surface area contributed by atoms with Gasteiger partial charge >= 0.3 is 12.0 Å². The molecule has 0 radical (unpaired) electrons. The van der Waals surface area contributed by atoms with E-state index in [0.717, 1.165) is 12.2 Å². The Kier molecular flexibility index (Phi) is 5.57. The Morgan fingerprint density at radius 2 is 2.22 bits per heavy atom. The first-order valence-corrected chi connectivity index (χ1v) is 6.90. The molecular formula is C11H17N3O3S. The van der Waals surface area contributed by atoms with Crippen molar-refractivity contribution in [3.8, 4) is 0 Å². The standard InChI is InChI=1S/C11H17N3O3S/c1-7-6-8(9(13-7)10(15)16)14-11(17)12-4-3-5-18-2/h6,13H,3-5H2,1-2H3,(H,15,16)(H2,12,14,17). The summed E-state index contributed by atoms with van der Waals surface area (Å²) < 4.78 is 0. The van der Waals surface area contributed by atoms with E-state index in [4.69, 9.17) is 5.11 Å². The first-order valence-electron chi connectivity index (χ1n) is 5.51. The summed E-state index contributed by atoms with van der Waals surface area (Å²) in [6, 6.07) is 1.20. The number of hydrogen-bond donors (Lipinski definition) is 4. The third-order valence-corrected chi connectivity index (χ3v) is 2.92. The number of amides is 2. The molecular weight excluding hydrogens is 254 g/mol. The van der Waals surface area contributed by atoms with Crippen LogP contribution in [-0.2, 0) is 0 Å². The third kappa shape index (κ3) is 4.33. The van der Waals surface area contributed by atoms with E-state index < -0.39 is 12.0 Å². The van der Waals surface area contributed by atoms with Gasteiger partial charge in [-0.1, -0.05) is 0 Å². The zero-order chi connectivity index (χ0) is 13.5. The summed E-state index contributed by atoms with van der Waals surface area (Å²) in [7, 11) is 0. The van der Waals surface area contributed by atoms with E-state index in [9.17, 15) is 9.59 Å². The average molecular weight is 271 g/mol. The van der Waals surface area contributed by atoms with Gasteiger partial charge in [0.15, 0.2) is 0 Å². The molecule has 2 amide bonds. The Balaban J connectivity index is 2.51. The van der Waals surface area contributed by atoms with Crippen molar-refractivity contribution in [3.05, 3.63) is 17.5 Å². The SMILES string of the molecule is CSCCCNC(=O)Nc1cc(C)[nH]c1C(=O)O. The number of aromatic carboxylic acids is 1. The second kappa shape index (κ2) is 6.95. The van der Waals surface area contributed by atoms with E-state index >= 15 is 0 Å². The summed E-state index contributed by atoms with van der Waals surface area (Å²) in [4.78, 5) is 25.1. The van der Waals surface area contributed by atoms with Gasteiger partial charge in [0.25, 0.3) is 0 Å². The minimum absolute atomic E-state index is 0.00763. The Morgan fingerprint density at radius 3 is 2.83 bits per heavy atom. The topological polar surface area (TPSA) is 94.2 Å². The molecule has 0 fully saturated rings. The molecule has 18 heavy (non-hydrogen) atoms. The van der Waals surface area contributed by atoms with Gasteiger partial charge < -0.3 is 20.7 Å². The maximum atomic E-state index is 11.5. The second-order valence-corrected chi connectivity index (χ2v) is 4.76. The van der Waals surface area contributed by atoms with Crippen molar-refractivity contribution in [2.45, 2.75) is 13.3 Å². The van der Waals surface area contributed by atoms with E-state index in [1.54, 1.807) is 24.8 Å². The number of thioether (sulfide) groups is 1. The van der Waals surface area contributed by atoms with Crippen LogP contribution in [0.25, 0.3) is 0 Å². The van der Waals surface area contributed by atoms with Gasteiger partial charge in [0.2, 0.25) is 0 Å². The maximum absolute atomic E-state index is 11.5. The molecule has 0 aromatic carbocycles. The normalized spacial score (nSPS) is 10.1. The Hall–Kier alpha value is -1.63. The van der Waals surface area contributed by atoms with Crippen molar-refractivity contribution in [1.29, 1.82) is 0 Å². The number of carbonyl (C=O) groups is 2. The fourth-order valence-corrected chi connectivity index (χ4v) is 1.87. The number of nitrogens with one attached hydrogen (secondary N) is 3. The number of H-pyrrole nitrogens is 1. The Bertz CT molecular complexity index is 431. The first-order chi connectivity index (χ1) is 8.54. The van der Waals surface area contributed by atoms with Crippen molar-refractivity contribution in [1.82, 2.24) is 10.3 Å². The molecule has 0 atom stereocenters. The molecule has 1 rings (SSSR count). The average Bonchev–Trinajstić information content (AvgIpc) is 2.66. The fraction of sp³-hybridized carbons (Fsp3) is 0.455. The van der Waals surface area contributed by atoms with Crippen molar-refractivity contribution < 1.29 is 14.7 Å². The van der Waals surface area contributed by atoms with Gasteiger partial charge in [-0.05, 0) is 31.4 Å². The van der Waals surface area contributed by atoms with Crippen LogP contribution in [0.1, 0.15) is 22.6 Å². The summed E-state index contributed by atoms with van der Waals surface area (Å²) in [6.07, 6.45) is 2.88. The number of carboxylic acids is 1. The Morgan fingerprint density at radius 1 is 1.50 bits per heavy atom. The lowest BCUT2D eigenvalue weighted by Crippen LogP contribution is -2.30. The maximum Gasteiger partial charge on any atom is 0.354 e. The van der Waals surface area contributed by atoms with Crippen molar-refractivity contribution >= 4 is 29.4 Å². The lowest BCUT2D eigenvalue weighted by Gasteiger charge is -2.06. The number of rotatable bonds is 6. The molecule has 0 spiro atoms. The summed E-state index contributed by atoms with van der Waals surface area (Å²) in [5, 5.41) is 14.1. The highest BCUT2D eigenvalue weighted by atomic mass is 32.2. The van der Waals surface area contributed by atoms with Crippen LogP contribution in [0.3, 0.4) is 0 Å². The van der Waals surface area contributed by atoms with E-state index in [1.807, 2.05) is 6.26 Å². The second-order valence-electron chi connectivity index (χ2n) is 3.77. The highest BCUT2D eigenvalue weighted by Gasteiger charge is 2.14. The van der Waals surface area contributed by atoms with Gasteiger partial charge in [0.1, 0.15) is 5.69 Å². The number of carboxylic acid groups (broad SMARTS) is 1. The van der Waals surface area contributed by atoms with Gasteiger partial charge in [-0.25, -0.2) is 9.59 Å². The van der Waals surface area contributed by atoms with Gasteiger partial charge in [-0.2, -0.15) is 11.8 Å². The van der Waals surface area contributed by atoms with Crippen LogP contribution < -0.4 is 10.6 Å². The number of aromatic nitrogens is 1. The van der Waals surface area contributed by atoms with Gasteiger partial charge in [0, 0.05) is 12.2 Å². The van der Waals surface area contributed by atoms with Crippen molar-refractivity contribution in [2.24, 2.45) is 0 Å². The van der Waals surface area contributed by atoms with Crippen LogP contribution in [0.2, 0.25) is 0 Å². The lowest BCUT2D eigenvalue weighted by molar-refractivity contribution is 0.0692. The molecule has 0 saturated heterocycles. The summed E-state index contributed by atoms with van der Waals surface area (Å²) in [5.41, 5.74) is 0.958. The monoisotopic (exact) mass is 271 g/mol. The lowest BCUT2D eigenvalue weighted by atomic mass is 10.3. The highest BCUT2D eigenvalue weighted by Crippen LogP contribution is 2.16. The van der Waals surface area contributed by atoms with E-state index in [1.165, 1.54) is 0 Å². The van der Waals surface area contributed by atoms with Crippen LogP contribution in [0.4, 0.5) is 10.5 Å². The predicted molar refractivity (Wildman–Crippen MR) is 72.5 cm³/mol. The number of hydrogen-bond acceptors (Lipinski definition) is 3. The summed E-state index contributed by atoms with van der Waals surface area (Å²) >= 11 is 1.71. The summed E-state index contributed by atoms with van der Waals surface area (Å²) in [6.45, 7) is 2.30. The first kappa shape index (κ1) is 14.4.